The van der Waals surface area contributed by atoms with E-state index in [-0.39, 0.29) is 22.6 Å². The summed E-state index contributed by atoms with van der Waals surface area (Å²) < 4.78 is 46.8. The predicted octanol–water partition coefficient (Wildman–Crippen LogP) is -0.0244. The molecular formula is C22H28FNO12. The molecule has 1 aliphatic rings. The number of nitrogens with zero attached hydrogens (tertiary/aromatic N) is 1. The molecule has 0 unspecified atom stereocenters. The number of aryl methyl sites for hydroxylation is 1. The van der Waals surface area contributed by atoms with E-state index in [1.54, 1.807) is 0 Å². The van der Waals surface area contributed by atoms with Crippen molar-refractivity contribution in [2.24, 2.45) is 0 Å². The molecule has 14 heteroatoms. The molecule has 1 saturated heterocycles. The second-order valence-electron chi connectivity index (χ2n) is 7.78. The average molecular weight is 517 g/mol. The molecule has 0 amide bonds. The highest BCUT2D eigenvalue weighted by Crippen LogP contribution is 2.34. The minimum absolute atomic E-state index is 0.0541. The van der Waals surface area contributed by atoms with Crippen molar-refractivity contribution in [1.82, 2.24) is 4.98 Å². The highest BCUT2D eigenvalue weighted by Gasteiger charge is 2.53. The second-order valence-corrected chi connectivity index (χ2v) is 7.78. The quantitative estimate of drug-likeness (QED) is 0.254. The van der Waals surface area contributed by atoms with Crippen LogP contribution in [0, 0.1) is 12.9 Å². The molecule has 0 radical (unpaired) electrons. The topological polar surface area (TPSA) is 177 Å². The Morgan fingerprint density at radius 2 is 1.39 bits per heavy atom. The zero-order valence-corrected chi connectivity index (χ0v) is 20.3. The molecule has 200 valence electrons. The van der Waals surface area contributed by atoms with E-state index in [9.17, 15) is 33.8 Å². The normalized spacial score (nSPS) is 23.4. The third kappa shape index (κ3) is 7.08. The van der Waals surface area contributed by atoms with E-state index in [1.165, 1.54) is 6.92 Å². The number of aliphatic hydroxyl groups excluding tert-OH is 2. The summed E-state index contributed by atoms with van der Waals surface area (Å²) in [4.78, 5) is 50.7. The first-order chi connectivity index (χ1) is 16.9. The number of hydrogen-bond acceptors (Lipinski definition) is 13. The summed E-state index contributed by atoms with van der Waals surface area (Å²) in [6.07, 6.45) is -7.32. The number of esters is 4. The predicted molar refractivity (Wildman–Crippen MR) is 113 cm³/mol. The van der Waals surface area contributed by atoms with Gasteiger partial charge in [-0.3, -0.25) is 19.2 Å². The van der Waals surface area contributed by atoms with E-state index >= 15 is 0 Å². The van der Waals surface area contributed by atoms with Crippen LogP contribution in [0.15, 0.2) is 0 Å². The molecule has 2 rings (SSSR count). The molecule has 0 aliphatic carbocycles. The second kappa shape index (κ2) is 12.6. The summed E-state index contributed by atoms with van der Waals surface area (Å²) in [5.74, 6) is -4.42. The van der Waals surface area contributed by atoms with E-state index in [4.69, 9.17) is 28.4 Å². The zero-order valence-electron chi connectivity index (χ0n) is 20.3. The fraction of sp³-hybridized carbons (Fsp3) is 0.591. The van der Waals surface area contributed by atoms with Crippen LogP contribution in [0.5, 0.6) is 5.75 Å². The first kappa shape index (κ1) is 28.9. The maximum absolute atomic E-state index is 14.2. The maximum Gasteiger partial charge on any atom is 0.303 e. The molecular weight excluding hydrogens is 489 g/mol. The van der Waals surface area contributed by atoms with Crippen molar-refractivity contribution in [2.45, 2.75) is 78.5 Å². The van der Waals surface area contributed by atoms with Crippen LogP contribution in [-0.2, 0) is 56.1 Å². The largest absolute Gasteiger partial charge is 0.463 e. The van der Waals surface area contributed by atoms with Gasteiger partial charge in [-0.25, -0.2) is 4.98 Å². The number of carbonyl (C=O) groups is 4. The van der Waals surface area contributed by atoms with Gasteiger partial charge >= 0.3 is 23.9 Å². The number of pyridine rings is 1. The highest BCUT2D eigenvalue weighted by atomic mass is 19.1. The molecule has 0 aromatic carbocycles. The lowest BCUT2D eigenvalue weighted by Gasteiger charge is -2.44. The summed E-state index contributed by atoms with van der Waals surface area (Å²) in [5, 5.41) is 19.4. The Hall–Kier alpha value is -3.36. The standard InChI is InChI=1S/C22H28FNO12/c1-9-17(14(6-25)15(7-26)21(23)24-9)36-22-20(34-13(5)30)19(33-12(4)29)18(32-11(3)28)16(35-22)8-31-10(2)27/h16,18-20,22,25-26H,6-8H2,1-5H3/t16-,18+,19+,20-,22+/m1/s1. The van der Waals surface area contributed by atoms with Gasteiger partial charge in [0, 0.05) is 38.8 Å². The molecule has 1 fully saturated rings. The molecule has 0 saturated carbocycles. The highest BCUT2D eigenvalue weighted by molar-refractivity contribution is 5.68. The average Bonchev–Trinajstić information content (AvgIpc) is 2.76. The third-order valence-electron chi connectivity index (χ3n) is 4.98. The van der Waals surface area contributed by atoms with Gasteiger partial charge in [-0.05, 0) is 6.92 Å². The minimum Gasteiger partial charge on any atom is -0.463 e. The number of aliphatic hydroxyl groups is 2. The van der Waals surface area contributed by atoms with Crippen LogP contribution in [0.4, 0.5) is 4.39 Å². The number of ether oxygens (including phenoxy) is 6. The number of rotatable bonds is 9. The molecule has 13 nitrogen and oxygen atoms in total. The third-order valence-corrected chi connectivity index (χ3v) is 4.98. The van der Waals surface area contributed by atoms with Crippen molar-refractivity contribution in [3.63, 3.8) is 0 Å². The number of halogens is 1. The minimum atomic E-state index is -1.62. The first-order valence-corrected chi connectivity index (χ1v) is 10.8. The number of hydrogen-bond donors (Lipinski definition) is 2. The van der Waals surface area contributed by atoms with E-state index in [2.05, 4.69) is 4.98 Å². The summed E-state index contributed by atoms with van der Waals surface area (Å²) >= 11 is 0. The maximum atomic E-state index is 14.2. The van der Waals surface area contributed by atoms with Gasteiger partial charge in [-0.1, -0.05) is 0 Å². The zero-order chi connectivity index (χ0) is 27.2. The molecule has 2 heterocycles. The van der Waals surface area contributed by atoms with Gasteiger partial charge in [0.1, 0.15) is 18.5 Å². The van der Waals surface area contributed by atoms with Crippen molar-refractivity contribution in [2.75, 3.05) is 6.61 Å². The van der Waals surface area contributed by atoms with Crippen molar-refractivity contribution >= 4 is 23.9 Å². The SMILES string of the molecule is CC(=O)OC[C@H]1O[C@@H](Oc2c(C)nc(F)c(CO)c2CO)[C@H](OC(C)=O)[C@@H](OC(C)=O)[C@H]1OC(C)=O. The lowest BCUT2D eigenvalue weighted by atomic mass is 9.98. The Morgan fingerprint density at radius 1 is 0.861 bits per heavy atom. The Labute approximate surface area is 205 Å². The van der Waals surface area contributed by atoms with E-state index in [1.807, 2.05) is 0 Å². The van der Waals surface area contributed by atoms with Crippen LogP contribution in [-0.4, -0.2) is 76.4 Å². The fourth-order valence-electron chi connectivity index (χ4n) is 3.63. The monoisotopic (exact) mass is 517 g/mol. The Bertz CT molecular complexity index is 1000. The lowest BCUT2D eigenvalue weighted by molar-refractivity contribution is -0.288. The summed E-state index contributed by atoms with van der Waals surface area (Å²) in [6.45, 7) is 3.61. The molecule has 5 atom stereocenters. The molecule has 36 heavy (non-hydrogen) atoms. The summed E-state index contributed by atoms with van der Waals surface area (Å²) in [6, 6.07) is 0. The summed E-state index contributed by atoms with van der Waals surface area (Å²) in [7, 11) is 0. The van der Waals surface area contributed by atoms with Crippen LogP contribution in [0.2, 0.25) is 0 Å². The van der Waals surface area contributed by atoms with Gasteiger partial charge in [0.05, 0.1) is 18.9 Å². The van der Waals surface area contributed by atoms with E-state index < -0.39 is 80.4 Å². The van der Waals surface area contributed by atoms with Crippen molar-refractivity contribution in [3.05, 3.63) is 22.8 Å². The number of aromatic nitrogens is 1. The van der Waals surface area contributed by atoms with Crippen molar-refractivity contribution in [1.29, 1.82) is 0 Å². The first-order valence-electron chi connectivity index (χ1n) is 10.8. The summed E-state index contributed by atoms with van der Waals surface area (Å²) in [5.41, 5.74) is -0.555. The van der Waals surface area contributed by atoms with Gasteiger partial charge in [-0.15, -0.1) is 0 Å². The van der Waals surface area contributed by atoms with Crippen LogP contribution in [0.3, 0.4) is 0 Å². The molecule has 1 aliphatic heterocycles. The van der Waals surface area contributed by atoms with Crippen LogP contribution in [0.1, 0.15) is 44.5 Å². The van der Waals surface area contributed by atoms with Gasteiger partial charge in [0.2, 0.25) is 18.3 Å². The Kier molecular flexibility index (Phi) is 10.1. The van der Waals surface area contributed by atoms with Crippen LogP contribution >= 0.6 is 0 Å². The fourth-order valence-corrected chi connectivity index (χ4v) is 3.63. The molecule has 1 aromatic heterocycles. The molecule has 0 spiro atoms. The smallest absolute Gasteiger partial charge is 0.303 e. The van der Waals surface area contributed by atoms with Gasteiger partial charge in [-0.2, -0.15) is 4.39 Å². The van der Waals surface area contributed by atoms with E-state index in [0.717, 1.165) is 27.7 Å². The van der Waals surface area contributed by atoms with Gasteiger partial charge in [0.25, 0.3) is 0 Å². The van der Waals surface area contributed by atoms with E-state index in [0.29, 0.717) is 0 Å². The molecule has 1 aromatic rings. The van der Waals surface area contributed by atoms with Crippen LogP contribution < -0.4 is 4.74 Å². The van der Waals surface area contributed by atoms with Gasteiger partial charge < -0.3 is 38.6 Å². The molecule has 2 N–H and O–H groups in total. The number of carbonyl (C=O) groups excluding carboxylic acids is 4. The Balaban J connectivity index is 2.62. The Morgan fingerprint density at radius 3 is 1.89 bits per heavy atom. The van der Waals surface area contributed by atoms with Gasteiger partial charge in [0.15, 0.2) is 12.2 Å². The van der Waals surface area contributed by atoms with Crippen molar-refractivity contribution in [3.8, 4) is 5.75 Å². The van der Waals surface area contributed by atoms with Crippen molar-refractivity contribution < 1.29 is 62.2 Å². The molecule has 0 bridgehead atoms. The van der Waals surface area contributed by atoms with Crippen LogP contribution in [0.25, 0.3) is 0 Å². The lowest BCUT2D eigenvalue weighted by Crippen LogP contribution is -2.63.